The van der Waals surface area contributed by atoms with E-state index in [4.69, 9.17) is 5.11 Å². The Bertz CT molecular complexity index is 963. The number of alkyl halides is 3. The summed E-state index contributed by atoms with van der Waals surface area (Å²) in [5.41, 5.74) is 0.807. The number of hydrogen-bond donors (Lipinski definition) is 1. The van der Waals surface area contributed by atoms with Crippen LogP contribution in [0.25, 0.3) is 11.1 Å². The molecule has 0 saturated carbocycles. The van der Waals surface area contributed by atoms with Gasteiger partial charge in [0.2, 0.25) is 0 Å². The summed E-state index contributed by atoms with van der Waals surface area (Å²) in [5.74, 6) is -1.14. The fraction of sp³-hybridized carbons (Fsp3) is 0.316. The molecule has 0 aliphatic rings. The van der Waals surface area contributed by atoms with Crippen LogP contribution in [0.1, 0.15) is 30.0 Å². The van der Waals surface area contributed by atoms with Crippen molar-refractivity contribution in [2.45, 2.75) is 37.8 Å². The van der Waals surface area contributed by atoms with Crippen molar-refractivity contribution in [1.82, 2.24) is 0 Å². The van der Waals surface area contributed by atoms with Crippen LogP contribution < -0.4 is 0 Å². The van der Waals surface area contributed by atoms with Crippen molar-refractivity contribution in [3.63, 3.8) is 0 Å². The molecule has 0 aromatic heterocycles. The molecule has 0 atom stereocenters. The summed E-state index contributed by atoms with van der Waals surface area (Å²) in [4.78, 5) is 11.0. The molecular weight excluding hydrogens is 381 g/mol. The number of sulfone groups is 1. The van der Waals surface area contributed by atoms with Gasteiger partial charge in [-0.2, -0.15) is 13.2 Å². The van der Waals surface area contributed by atoms with Gasteiger partial charge in [-0.1, -0.05) is 19.1 Å². The second-order valence-corrected chi connectivity index (χ2v) is 8.42. The summed E-state index contributed by atoms with van der Waals surface area (Å²) in [7, 11) is -3.44. The zero-order valence-electron chi connectivity index (χ0n) is 14.8. The number of carboxylic acids is 1. The normalized spacial score (nSPS) is 12.2. The van der Waals surface area contributed by atoms with Crippen molar-refractivity contribution in [1.29, 1.82) is 0 Å². The third-order valence-corrected chi connectivity index (χ3v) is 6.00. The first-order chi connectivity index (χ1) is 12.5. The molecule has 0 fully saturated rings. The molecule has 0 heterocycles. The maximum absolute atomic E-state index is 13.1. The number of carboxylic acid groups (broad SMARTS) is 1. The lowest BCUT2D eigenvalue weighted by Crippen LogP contribution is -2.07. The zero-order valence-corrected chi connectivity index (χ0v) is 15.6. The molecular formula is C19H19F3O4S. The topological polar surface area (TPSA) is 71.4 Å². The molecule has 0 spiro atoms. The van der Waals surface area contributed by atoms with Gasteiger partial charge in [0, 0.05) is 6.42 Å². The highest BCUT2D eigenvalue weighted by atomic mass is 32.2. The van der Waals surface area contributed by atoms with E-state index in [1.54, 1.807) is 6.92 Å². The molecule has 0 aliphatic carbocycles. The minimum atomic E-state index is -4.54. The van der Waals surface area contributed by atoms with Crippen LogP contribution in [-0.2, 0) is 27.2 Å². The molecule has 146 valence electrons. The fourth-order valence-corrected chi connectivity index (χ4v) is 3.73. The van der Waals surface area contributed by atoms with Gasteiger partial charge in [-0.3, -0.25) is 4.79 Å². The molecule has 0 aliphatic heterocycles. The van der Waals surface area contributed by atoms with Gasteiger partial charge in [-0.25, -0.2) is 8.42 Å². The minimum Gasteiger partial charge on any atom is -0.481 e. The first-order valence-electron chi connectivity index (χ1n) is 8.21. The Kier molecular flexibility index (Phi) is 5.99. The van der Waals surface area contributed by atoms with Crippen LogP contribution in [0.15, 0.2) is 41.3 Å². The molecule has 2 aromatic rings. The lowest BCUT2D eigenvalue weighted by molar-refractivity contribution is -0.138. The third-order valence-electron chi connectivity index (χ3n) is 4.27. The average molecular weight is 400 g/mol. The van der Waals surface area contributed by atoms with Gasteiger partial charge in [0.25, 0.3) is 0 Å². The smallest absolute Gasteiger partial charge is 0.416 e. The predicted molar refractivity (Wildman–Crippen MR) is 95.3 cm³/mol. The molecule has 4 nitrogen and oxygen atoms in total. The predicted octanol–water partition coefficient (Wildman–Crippen LogP) is 4.49. The van der Waals surface area contributed by atoms with E-state index < -0.39 is 27.5 Å². The Morgan fingerprint density at radius 3 is 2.26 bits per heavy atom. The van der Waals surface area contributed by atoms with Crippen LogP contribution in [0, 0.1) is 6.92 Å². The lowest BCUT2D eigenvalue weighted by atomic mass is 9.92. The highest BCUT2D eigenvalue weighted by Crippen LogP contribution is 2.36. The van der Waals surface area contributed by atoms with Crippen molar-refractivity contribution in [3.05, 3.63) is 53.1 Å². The van der Waals surface area contributed by atoms with Gasteiger partial charge in [0.15, 0.2) is 9.84 Å². The summed E-state index contributed by atoms with van der Waals surface area (Å²) in [6.07, 6.45) is -4.70. The number of carbonyl (C=O) groups is 1. The first-order valence-corrected chi connectivity index (χ1v) is 9.86. The molecule has 2 rings (SSSR count). The monoisotopic (exact) mass is 400 g/mol. The molecule has 0 unspecified atom stereocenters. The number of benzene rings is 2. The van der Waals surface area contributed by atoms with Crippen molar-refractivity contribution in [2.75, 3.05) is 5.75 Å². The van der Waals surface area contributed by atoms with Crippen molar-refractivity contribution in [2.24, 2.45) is 0 Å². The molecule has 0 bridgehead atoms. The van der Waals surface area contributed by atoms with Crippen molar-refractivity contribution in [3.8, 4) is 11.1 Å². The van der Waals surface area contributed by atoms with E-state index in [2.05, 4.69) is 0 Å². The third kappa shape index (κ3) is 4.88. The van der Waals surface area contributed by atoms with Gasteiger partial charge >= 0.3 is 12.1 Å². The number of halogens is 3. The van der Waals surface area contributed by atoms with E-state index in [0.717, 1.165) is 12.1 Å². The minimum absolute atomic E-state index is 0.0667. The molecule has 0 radical (unpaired) electrons. The summed E-state index contributed by atoms with van der Waals surface area (Å²) in [6.45, 7) is 3.13. The van der Waals surface area contributed by atoms with E-state index in [9.17, 15) is 26.4 Å². The summed E-state index contributed by atoms with van der Waals surface area (Å²) in [5, 5.41) is 8.88. The van der Waals surface area contributed by atoms with Crippen molar-refractivity contribution < 1.29 is 31.5 Å². The van der Waals surface area contributed by atoms with Crippen LogP contribution in [0.2, 0.25) is 0 Å². The molecule has 27 heavy (non-hydrogen) atoms. The Labute approximate surface area is 155 Å². The summed E-state index contributed by atoms with van der Waals surface area (Å²) < 4.78 is 63.4. The van der Waals surface area contributed by atoms with Gasteiger partial charge in [0.1, 0.15) is 0 Å². The Balaban J connectivity index is 2.62. The largest absolute Gasteiger partial charge is 0.481 e. The van der Waals surface area contributed by atoms with Gasteiger partial charge in [-0.05, 0) is 59.9 Å². The molecule has 0 amide bonds. The number of aryl methyl sites for hydroxylation is 2. The molecule has 2 aromatic carbocycles. The maximum Gasteiger partial charge on any atom is 0.416 e. The zero-order chi connectivity index (χ0) is 20.4. The van der Waals surface area contributed by atoms with Crippen LogP contribution in [0.5, 0.6) is 0 Å². The SMILES string of the molecule is CCS(=O)(=O)c1ccc(-c2cc(C(F)(F)F)ccc2CCC(=O)O)c(C)c1. The number of aliphatic carboxylic acids is 1. The second kappa shape index (κ2) is 7.72. The van der Waals surface area contributed by atoms with Crippen LogP contribution >= 0.6 is 0 Å². The van der Waals surface area contributed by atoms with E-state index in [1.807, 2.05) is 0 Å². The summed E-state index contributed by atoms with van der Waals surface area (Å²) in [6, 6.07) is 7.44. The quantitative estimate of drug-likeness (QED) is 0.776. The maximum atomic E-state index is 13.1. The Morgan fingerprint density at radius 1 is 1.07 bits per heavy atom. The standard InChI is InChI=1S/C19H19F3O4S/c1-3-27(25,26)15-7-8-16(12(2)10-15)17-11-14(19(20,21)22)6-4-13(17)5-9-18(23)24/h4,6-8,10-11H,3,5,9H2,1-2H3,(H,23,24). The first kappa shape index (κ1) is 21.0. The molecule has 0 saturated heterocycles. The Hall–Kier alpha value is -2.35. The van der Waals surface area contributed by atoms with Crippen LogP contribution in [0.3, 0.4) is 0 Å². The van der Waals surface area contributed by atoms with Gasteiger partial charge in [0.05, 0.1) is 16.2 Å². The average Bonchev–Trinajstić information content (AvgIpc) is 2.59. The number of rotatable bonds is 6. The van der Waals surface area contributed by atoms with Crippen LogP contribution in [0.4, 0.5) is 13.2 Å². The molecule has 1 N–H and O–H groups in total. The second-order valence-electron chi connectivity index (χ2n) is 6.14. The van der Waals surface area contributed by atoms with E-state index in [0.29, 0.717) is 16.7 Å². The Morgan fingerprint density at radius 2 is 1.74 bits per heavy atom. The van der Waals surface area contributed by atoms with E-state index in [-0.39, 0.29) is 29.1 Å². The highest BCUT2D eigenvalue weighted by molar-refractivity contribution is 7.91. The van der Waals surface area contributed by atoms with Crippen LogP contribution in [-0.4, -0.2) is 25.2 Å². The molecule has 8 heteroatoms. The van der Waals surface area contributed by atoms with E-state index >= 15 is 0 Å². The number of hydrogen-bond acceptors (Lipinski definition) is 3. The summed E-state index contributed by atoms with van der Waals surface area (Å²) >= 11 is 0. The fourth-order valence-electron chi connectivity index (χ4n) is 2.76. The van der Waals surface area contributed by atoms with E-state index in [1.165, 1.54) is 31.2 Å². The highest BCUT2D eigenvalue weighted by Gasteiger charge is 2.31. The van der Waals surface area contributed by atoms with Crippen molar-refractivity contribution >= 4 is 15.8 Å². The lowest BCUT2D eigenvalue weighted by Gasteiger charge is -2.16. The van der Waals surface area contributed by atoms with Gasteiger partial charge in [-0.15, -0.1) is 0 Å². The van der Waals surface area contributed by atoms with Gasteiger partial charge < -0.3 is 5.11 Å².